The minimum Gasteiger partial charge on any atom is -0.348 e. The molecule has 23 heavy (non-hydrogen) atoms. The lowest BCUT2D eigenvalue weighted by Crippen LogP contribution is -2.22. The highest BCUT2D eigenvalue weighted by atomic mass is 19.1. The van der Waals surface area contributed by atoms with E-state index in [0.29, 0.717) is 12.1 Å². The van der Waals surface area contributed by atoms with Gasteiger partial charge in [-0.2, -0.15) is 5.10 Å². The summed E-state index contributed by atoms with van der Waals surface area (Å²) in [5.74, 6) is -0.619. The van der Waals surface area contributed by atoms with E-state index in [9.17, 15) is 9.18 Å². The molecule has 0 aliphatic heterocycles. The molecule has 0 atom stereocenters. The fraction of sp³-hybridized carbons (Fsp3) is 0.118. The van der Waals surface area contributed by atoms with Crippen LogP contribution < -0.4 is 5.32 Å². The minimum absolute atomic E-state index is 0.253. The number of rotatable bonds is 4. The van der Waals surface area contributed by atoms with Crippen molar-refractivity contribution in [2.75, 3.05) is 0 Å². The lowest BCUT2D eigenvalue weighted by Gasteiger charge is -2.06. The topological polar surface area (TPSA) is 59.8 Å². The Kier molecular flexibility index (Phi) is 4.14. The molecule has 0 unspecified atom stereocenters. The van der Waals surface area contributed by atoms with Gasteiger partial charge in [0.25, 0.3) is 5.91 Å². The molecule has 0 fully saturated rings. The fourth-order valence-corrected chi connectivity index (χ4v) is 2.20. The molecule has 0 radical (unpaired) electrons. The molecular weight excluding hydrogens is 295 g/mol. The number of nitrogens with one attached hydrogen (secondary N) is 1. The number of carbonyl (C=O) groups is 1. The van der Waals surface area contributed by atoms with Gasteiger partial charge >= 0.3 is 0 Å². The summed E-state index contributed by atoms with van der Waals surface area (Å²) in [6, 6.07) is 7.39. The Labute approximate surface area is 132 Å². The average molecular weight is 310 g/mol. The molecule has 0 aliphatic carbocycles. The van der Waals surface area contributed by atoms with Crippen molar-refractivity contribution in [2.24, 2.45) is 7.05 Å². The maximum atomic E-state index is 12.9. The molecule has 1 aromatic carbocycles. The second-order valence-electron chi connectivity index (χ2n) is 5.17. The highest BCUT2D eigenvalue weighted by Gasteiger charge is 2.07. The lowest BCUT2D eigenvalue weighted by atomic mass is 10.1. The summed E-state index contributed by atoms with van der Waals surface area (Å²) < 4.78 is 14.6. The summed E-state index contributed by atoms with van der Waals surface area (Å²) in [6.45, 7) is 0.345. The first-order chi connectivity index (χ1) is 11.1. The fourth-order valence-electron chi connectivity index (χ4n) is 2.20. The molecule has 0 saturated carbocycles. The zero-order valence-corrected chi connectivity index (χ0v) is 12.5. The van der Waals surface area contributed by atoms with Crippen LogP contribution in [0.15, 0.2) is 55.1 Å². The summed E-state index contributed by atoms with van der Waals surface area (Å²) in [7, 11) is 1.85. The van der Waals surface area contributed by atoms with E-state index in [-0.39, 0.29) is 11.7 Å². The van der Waals surface area contributed by atoms with Gasteiger partial charge < -0.3 is 5.32 Å². The second-order valence-corrected chi connectivity index (χ2v) is 5.17. The molecule has 0 spiro atoms. The van der Waals surface area contributed by atoms with Crippen molar-refractivity contribution in [1.82, 2.24) is 20.1 Å². The van der Waals surface area contributed by atoms with E-state index in [0.717, 1.165) is 16.7 Å². The molecule has 2 heterocycles. The molecule has 2 aromatic heterocycles. The smallest absolute Gasteiger partial charge is 0.251 e. The number of amides is 1. The highest BCUT2D eigenvalue weighted by molar-refractivity contribution is 5.94. The minimum atomic E-state index is -0.366. The van der Waals surface area contributed by atoms with Gasteiger partial charge in [0.2, 0.25) is 0 Å². The summed E-state index contributed by atoms with van der Waals surface area (Å²) in [5.41, 5.74) is 3.20. The molecule has 0 saturated heterocycles. The summed E-state index contributed by atoms with van der Waals surface area (Å²) in [6.07, 6.45) is 7.11. The maximum Gasteiger partial charge on any atom is 0.251 e. The van der Waals surface area contributed by atoms with Crippen LogP contribution in [0.3, 0.4) is 0 Å². The van der Waals surface area contributed by atoms with E-state index in [4.69, 9.17) is 0 Å². The first-order valence-electron chi connectivity index (χ1n) is 7.08. The third-order valence-corrected chi connectivity index (χ3v) is 3.39. The van der Waals surface area contributed by atoms with Gasteiger partial charge in [0.05, 0.1) is 6.20 Å². The number of pyridine rings is 1. The number of benzene rings is 1. The molecule has 1 amide bonds. The second kappa shape index (κ2) is 6.39. The Bertz CT molecular complexity index is 827. The Morgan fingerprint density at radius 1 is 1.17 bits per heavy atom. The Hall–Kier alpha value is -3.02. The molecule has 3 rings (SSSR count). The number of hydrogen-bond donors (Lipinski definition) is 1. The van der Waals surface area contributed by atoms with Gasteiger partial charge in [-0.3, -0.25) is 14.5 Å². The molecular formula is C17H15FN4O. The number of nitrogens with zero attached hydrogens (tertiary/aromatic N) is 3. The standard InChI is InChI=1S/C17H15FN4O/c1-22-11-15(10-21-22)14-6-12(7-19-9-14)8-20-17(23)13-2-4-16(18)5-3-13/h2-7,9-11H,8H2,1H3,(H,20,23). The van der Waals surface area contributed by atoms with Gasteiger partial charge in [-0.1, -0.05) is 0 Å². The van der Waals surface area contributed by atoms with Gasteiger partial charge in [-0.25, -0.2) is 4.39 Å². The van der Waals surface area contributed by atoms with Crippen molar-refractivity contribution in [2.45, 2.75) is 6.54 Å². The van der Waals surface area contributed by atoms with Crippen LogP contribution in [0.4, 0.5) is 4.39 Å². The third kappa shape index (κ3) is 3.60. The number of hydrogen-bond acceptors (Lipinski definition) is 3. The third-order valence-electron chi connectivity index (χ3n) is 3.39. The number of aryl methyl sites for hydroxylation is 1. The molecule has 5 nitrogen and oxygen atoms in total. The van der Waals surface area contributed by atoms with E-state index in [1.807, 2.05) is 19.3 Å². The number of halogens is 1. The molecule has 116 valence electrons. The van der Waals surface area contributed by atoms with Gasteiger partial charge in [0, 0.05) is 48.9 Å². The van der Waals surface area contributed by atoms with Crippen LogP contribution >= 0.6 is 0 Å². The van der Waals surface area contributed by atoms with Gasteiger partial charge in [0.1, 0.15) is 5.82 Å². The van der Waals surface area contributed by atoms with Crippen LogP contribution in [-0.2, 0) is 13.6 Å². The van der Waals surface area contributed by atoms with Gasteiger partial charge in [-0.05, 0) is 35.9 Å². The van der Waals surface area contributed by atoms with Crippen molar-refractivity contribution in [1.29, 1.82) is 0 Å². The van der Waals surface area contributed by atoms with Gasteiger partial charge in [-0.15, -0.1) is 0 Å². The maximum absolute atomic E-state index is 12.9. The monoisotopic (exact) mass is 310 g/mol. The molecule has 1 N–H and O–H groups in total. The number of aromatic nitrogens is 3. The van der Waals surface area contributed by atoms with Crippen molar-refractivity contribution in [3.8, 4) is 11.1 Å². The molecule has 6 heteroatoms. The average Bonchev–Trinajstić information content (AvgIpc) is 3.00. The van der Waals surface area contributed by atoms with Crippen molar-refractivity contribution >= 4 is 5.91 Å². The van der Waals surface area contributed by atoms with Crippen LogP contribution in [0.25, 0.3) is 11.1 Å². The lowest BCUT2D eigenvalue weighted by molar-refractivity contribution is 0.0951. The Morgan fingerprint density at radius 2 is 1.96 bits per heavy atom. The van der Waals surface area contributed by atoms with Crippen LogP contribution in [0.1, 0.15) is 15.9 Å². The van der Waals surface area contributed by atoms with Crippen LogP contribution in [0, 0.1) is 5.82 Å². The molecule has 0 bridgehead atoms. The first kappa shape index (κ1) is 14.9. The van der Waals surface area contributed by atoms with E-state index < -0.39 is 0 Å². The normalized spacial score (nSPS) is 10.5. The Balaban J connectivity index is 1.68. The first-order valence-corrected chi connectivity index (χ1v) is 7.08. The zero-order valence-electron chi connectivity index (χ0n) is 12.5. The van der Waals surface area contributed by atoms with E-state index in [2.05, 4.69) is 15.4 Å². The Morgan fingerprint density at radius 3 is 2.65 bits per heavy atom. The van der Waals surface area contributed by atoms with E-state index in [1.165, 1.54) is 24.3 Å². The zero-order chi connectivity index (χ0) is 16.2. The SMILES string of the molecule is Cn1cc(-c2cncc(CNC(=O)c3ccc(F)cc3)c2)cn1. The predicted molar refractivity (Wildman–Crippen MR) is 84.0 cm³/mol. The number of carbonyl (C=O) groups excluding carboxylic acids is 1. The predicted octanol–water partition coefficient (Wildman–Crippen LogP) is 2.55. The highest BCUT2D eigenvalue weighted by Crippen LogP contribution is 2.18. The van der Waals surface area contributed by atoms with Crippen LogP contribution in [0.5, 0.6) is 0 Å². The summed E-state index contributed by atoms with van der Waals surface area (Å²) in [4.78, 5) is 16.2. The quantitative estimate of drug-likeness (QED) is 0.805. The van der Waals surface area contributed by atoms with Crippen LogP contribution in [0.2, 0.25) is 0 Å². The van der Waals surface area contributed by atoms with Gasteiger partial charge in [0.15, 0.2) is 0 Å². The van der Waals surface area contributed by atoms with E-state index >= 15 is 0 Å². The summed E-state index contributed by atoms with van der Waals surface area (Å²) >= 11 is 0. The summed E-state index contributed by atoms with van der Waals surface area (Å²) in [5, 5.41) is 6.93. The van der Waals surface area contributed by atoms with E-state index in [1.54, 1.807) is 23.3 Å². The molecule has 3 aromatic rings. The largest absolute Gasteiger partial charge is 0.348 e. The van der Waals surface area contributed by atoms with Crippen molar-refractivity contribution in [3.05, 3.63) is 72.1 Å². The van der Waals surface area contributed by atoms with Crippen molar-refractivity contribution in [3.63, 3.8) is 0 Å². The molecule has 0 aliphatic rings. The van der Waals surface area contributed by atoms with Crippen molar-refractivity contribution < 1.29 is 9.18 Å². The van der Waals surface area contributed by atoms with Crippen LogP contribution in [-0.4, -0.2) is 20.7 Å².